The van der Waals surface area contributed by atoms with Crippen molar-refractivity contribution in [3.8, 4) is 0 Å². The lowest BCUT2D eigenvalue weighted by Crippen LogP contribution is -2.62. The van der Waals surface area contributed by atoms with Gasteiger partial charge in [-0.1, -0.05) is 30.3 Å². The second-order valence-electron chi connectivity index (χ2n) is 9.68. The van der Waals surface area contributed by atoms with Gasteiger partial charge in [-0.25, -0.2) is 4.79 Å². The van der Waals surface area contributed by atoms with E-state index in [1.807, 2.05) is 30.3 Å². The molecule has 28 heavy (non-hydrogen) atoms. The number of amides is 3. The van der Waals surface area contributed by atoms with Gasteiger partial charge in [0.25, 0.3) is 0 Å². The Morgan fingerprint density at radius 2 is 1.64 bits per heavy atom. The third-order valence-electron chi connectivity index (χ3n) is 7.53. The van der Waals surface area contributed by atoms with Crippen molar-refractivity contribution in [1.82, 2.24) is 15.5 Å². The van der Waals surface area contributed by atoms with E-state index in [9.17, 15) is 9.59 Å². The molecule has 3 amide bonds. The smallest absolute Gasteiger partial charge is 0.318 e. The van der Waals surface area contributed by atoms with Gasteiger partial charge in [-0.3, -0.25) is 4.79 Å². The van der Waals surface area contributed by atoms with E-state index in [1.54, 1.807) is 4.90 Å². The molecule has 2 N–H and O–H groups in total. The van der Waals surface area contributed by atoms with Gasteiger partial charge in [0.2, 0.25) is 5.91 Å². The van der Waals surface area contributed by atoms with Gasteiger partial charge in [-0.2, -0.15) is 0 Å². The van der Waals surface area contributed by atoms with Gasteiger partial charge in [0.05, 0.1) is 0 Å². The zero-order chi connectivity index (χ0) is 19.1. The third kappa shape index (κ3) is 3.40. The highest BCUT2D eigenvalue weighted by Crippen LogP contribution is 2.55. The first-order valence-electron chi connectivity index (χ1n) is 11.0. The van der Waals surface area contributed by atoms with E-state index in [1.165, 1.54) is 19.3 Å². The van der Waals surface area contributed by atoms with Crippen LogP contribution in [0, 0.1) is 17.8 Å². The second-order valence-corrected chi connectivity index (χ2v) is 9.68. The molecule has 1 aromatic carbocycles. The molecule has 1 aromatic rings. The largest absolute Gasteiger partial charge is 0.349 e. The van der Waals surface area contributed by atoms with Gasteiger partial charge in [-0.15, -0.1) is 0 Å². The molecular formula is C23H31N3O2. The van der Waals surface area contributed by atoms with Gasteiger partial charge in [-0.05, 0) is 74.7 Å². The molecule has 4 saturated carbocycles. The highest BCUT2D eigenvalue weighted by Gasteiger charge is 2.52. The Labute approximate surface area is 167 Å². The number of urea groups is 1. The van der Waals surface area contributed by atoms with Crippen molar-refractivity contribution in [1.29, 1.82) is 0 Å². The van der Waals surface area contributed by atoms with Crippen LogP contribution in [0.1, 0.15) is 56.9 Å². The van der Waals surface area contributed by atoms with Gasteiger partial charge in [0.15, 0.2) is 0 Å². The number of likely N-dealkylation sites (tertiary alicyclic amines) is 1. The average Bonchev–Trinajstić information content (AvgIpc) is 3.16. The van der Waals surface area contributed by atoms with Crippen LogP contribution in [-0.4, -0.2) is 35.0 Å². The molecule has 5 aliphatic rings. The molecular weight excluding hydrogens is 350 g/mol. The molecule has 0 unspecified atom stereocenters. The predicted octanol–water partition coefficient (Wildman–Crippen LogP) is 3.45. The number of nitrogens with zero attached hydrogens (tertiary/aromatic N) is 1. The van der Waals surface area contributed by atoms with E-state index in [-0.39, 0.29) is 23.5 Å². The normalized spacial score (nSPS) is 35.8. The van der Waals surface area contributed by atoms with Crippen molar-refractivity contribution >= 4 is 11.9 Å². The fraction of sp³-hybridized carbons (Fsp3) is 0.652. The van der Waals surface area contributed by atoms with Crippen molar-refractivity contribution < 1.29 is 9.59 Å². The average molecular weight is 382 g/mol. The van der Waals surface area contributed by atoms with Gasteiger partial charge >= 0.3 is 6.03 Å². The molecule has 0 spiro atoms. The highest BCUT2D eigenvalue weighted by molar-refractivity contribution is 5.88. The minimum absolute atomic E-state index is 0.0145. The fourth-order valence-corrected chi connectivity index (χ4v) is 6.77. The summed E-state index contributed by atoms with van der Waals surface area (Å²) in [7, 11) is 0. The fourth-order valence-electron chi connectivity index (χ4n) is 6.77. The van der Waals surface area contributed by atoms with Crippen LogP contribution in [0.3, 0.4) is 0 Å². The van der Waals surface area contributed by atoms with Gasteiger partial charge < -0.3 is 15.5 Å². The molecule has 5 fully saturated rings. The van der Waals surface area contributed by atoms with Crippen LogP contribution in [-0.2, 0) is 11.3 Å². The van der Waals surface area contributed by atoms with Crippen molar-refractivity contribution in [2.45, 2.75) is 69.5 Å². The van der Waals surface area contributed by atoms with E-state index >= 15 is 0 Å². The van der Waals surface area contributed by atoms with E-state index in [0.29, 0.717) is 13.1 Å². The number of carbonyl (C=O) groups excluding carboxylic acids is 2. The van der Waals surface area contributed by atoms with Crippen LogP contribution in [0.2, 0.25) is 0 Å². The lowest BCUT2D eigenvalue weighted by molar-refractivity contribution is -0.130. The van der Waals surface area contributed by atoms with E-state index < -0.39 is 0 Å². The van der Waals surface area contributed by atoms with Gasteiger partial charge in [0, 0.05) is 18.6 Å². The molecule has 6 rings (SSSR count). The van der Waals surface area contributed by atoms with Crippen LogP contribution in [0.4, 0.5) is 4.79 Å². The summed E-state index contributed by atoms with van der Waals surface area (Å²) in [5.74, 6) is 2.50. The summed E-state index contributed by atoms with van der Waals surface area (Å²) in [6, 6.07) is 9.48. The van der Waals surface area contributed by atoms with Gasteiger partial charge in [0.1, 0.15) is 6.04 Å². The zero-order valence-corrected chi connectivity index (χ0v) is 16.5. The molecule has 150 valence electrons. The summed E-state index contributed by atoms with van der Waals surface area (Å²) in [6.45, 7) is 1.17. The minimum Gasteiger partial charge on any atom is -0.349 e. The summed E-state index contributed by atoms with van der Waals surface area (Å²) in [4.78, 5) is 27.7. The maximum atomic E-state index is 13.2. The number of hydrogen-bond donors (Lipinski definition) is 2. The Bertz CT molecular complexity index is 712. The number of hydrogen-bond acceptors (Lipinski definition) is 2. The van der Waals surface area contributed by atoms with Crippen LogP contribution in [0.15, 0.2) is 30.3 Å². The van der Waals surface area contributed by atoms with Crippen molar-refractivity contribution in [3.63, 3.8) is 0 Å². The first-order valence-corrected chi connectivity index (χ1v) is 11.0. The van der Waals surface area contributed by atoms with Crippen molar-refractivity contribution in [3.05, 3.63) is 35.9 Å². The monoisotopic (exact) mass is 381 g/mol. The maximum absolute atomic E-state index is 13.2. The Morgan fingerprint density at radius 1 is 1.00 bits per heavy atom. The van der Waals surface area contributed by atoms with Crippen molar-refractivity contribution in [2.24, 2.45) is 17.8 Å². The molecule has 4 bridgehead atoms. The molecule has 5 heteroatoms. The lowest BCUT2D eigenvalue weighted by Gasteiger charge is -2.57. The molecule has 1 atom stereocenters. The maximum Gasteiger partial charge on any atom is 0.318 e. The highest BCUT2D eigenvalue weighted by atomic mass is 16.2. The molecule has 0 aromatic heterocycles. The minimum atomic E-state index is -0.316. The van der Waals surface area contributed by atoms with E-state index in [2.05, 4.69) is 10.6 Å². The molecule has 1 heterocycles. The predicted molar refractivity (Wildman–Crippen MR) is 107 cm³/mol. The number of nitrogens with one attached hydrogen (secondary N) is 2. The van der Waals surface area contributed by atoms with E-state index in [4.69, 9.17) is 0 Å². The van der Waals surface area contributed by atoms with Crippen LogP contribution >= 0.6 is 0 Å². The van der Waals surface area contributed by atoms with Crippen LogP contribution < -0.4 is 10.6 Å². The molecule has 5 nitrogen and oxygen atoms in total. The van der Waals surface area contributed by atoms with Crippen molar-refractivity contribution in [2.75, 3.05) is 6.54 Å². The Morgan fingerprint density at radius 3 is 2.29 bits per heavy atom. The Kier molecular flexibility index (Phi) is 4.56. The SMILES string of the molecule is O=C(NC12CC3CC(CC(C3)C1)C2)[C@@H]1CCCN1C(=O)NCc1ccccc1. The number of rotatable bonds is 4. The molecule has 1 aliphatic heterocycles. The van der Waals surface area contributed by atoms with Crippen LogP contribution in [0.25, 0.3) is 0 Å². The molecule has 4 aliphatic carbocycles. The zero-order valence-electron chi connectivity index (χ0n) is 16.5. The lowest BCUT2D eigenvalue weighted by atomic mass is 9.53. The first-order chi connectivity index (χ1) is 13.6. The summed E-state index contributed by atoms with van der Waals surface area (Å²) < 4.78 is 0. The standard InChI is InChI=1S/C23H31N3O2/c27-21(25-23-12-17-9-18(13-23)11-19(10-17)14-23)20-7-4-8-26(20)22(28)24-15-16-5-2-1-3-6-16/h1-3,5-6,17-20H,4,7-15H2,(H,24,28)(H,25,27)/t17?,18?,19?,20-,23?/m0/s1. The Balaban J connectivity index is 1.21. The number of benzene rings is 1. The molecule has 1 saturated heterocycles. The third-order valence-corrected chi connectivity index (χ3v) is 7.53. The summed E-state index contributed by atoms with van der Waals surface area (Å²) >= 11 is 0. The van der Waals surface area contributed by atoms with E-state index in [0.717, 1.165) is 55.4 Å². The Hall–Kier alpha value is -2.04. The summed E-state index contributed by atoms with van der Waals surface area (Å²) in [5.41, 5.74) is 1.09. The topological polar surface area (TPSA) is 61.4 Å². The molecule has 0 radical (unpaired) electrons. The second kappa shape index (κ2) is 7.09. The summed E-state index contributed by atoms with van der Waals surface area (Å²) in [6.07, 6.45) is 9.23. The quantitative estimate of drug-likeness (QED) is 0.839. The number of carbonyl (C=O) groups is 2. The summed E-state index contributed by atoms with van der Waals surface area (Å²) in [5, 5.41) is 6.46. The first kappa shape index (κ1) is 18.0. The van der Waals surface area contributed by atoms with Crippen LogP contribution in [0.5, 0.6) is 0 Å².